The molecule has 1 atom stereocenters. The lowest BCUT2D eigenvalue weighted by molar-refractivity contribution is 0.0718. The number of aromatic nitrogens is 3. The van der Waals surface area contributed by atoms with Gasteiger partial charge in [0.15, 0.2) is 17.2 Å². The molecule has 0 radical (unpaired) electrons. The number of para-hydroxylation sites is 1. The van der Waals surface area contributed by atoms with E-state index in [4.69, 9.17) is 9.47 Å². The van der Waals surface area contributed by atoms with Gasteiger partial charge in [0, 0.05) is 31.7 Å². The molecule has 162 valence electrons. The van der Waals surface area contributed by atoms with Crippen molar-refractivity contribution in [2.75, 3.05) is 40.4 Å². The van der Waals surface area contributed by atoms with Crippen LogP contribution in [0.2, 0.25) is 0 Å². The van der Waals surface area contributed by atoms with Gasteiger partial charge in [-0.1, -0.05) is 17.3 Å². The second kappa shape index (κ2) is 9.47. The first kappa shape index (κ1) is 20.7. The van der Waals surface area contributed by atoms with Crippen molar-refractivity contribution in [2.24, 2.45) is 0 Å². The van der Waals surface area contributed by atoms with Crippen LogP contribution in [0.25, 0.3) is 0 Å². The number of carbonyl (C=O) groups is 1. The first-order chi connectivity index (χ1) is 14.7. The van der Waals surface area contributed by atoms with Gasteiger partial charge in [-0.05, 0) is 44.7 Å². The largest absolute Gasteiger partial charge is 0.493 e. The fraction of sp³-hybridized carbons (Fsp3) is 0.591. The van der Waals surface area contributed by atoms with Crippen LogP contribution in [0.1, 0.15) is 54.2 Å². The molecule has 1 aromatic heterocycles. The highest BCUT2D eigenvalue weighted by Crippen LogP contribution is 2.32. The van der Waals surface area contributed by atoms with E-state index in [-0.39, 0.29) is 11.9 Å². The van der Waals surface area contributed by atoms with Crippen LogP contribution in [0.15, 0.2) is 24.4 Å². The Balaban J connectivity index is 1.42. The van der Waals surface area contributed by atoms with Crippen LogP contribution in [-0.4, -0.2) is 71.1 Å². The maximum Gasteiger partial charge on any atom is 0.276 e. The summed E-state index contributed by atoms with van der Waals surface area (Å²) >= 11 is 0. The summed E-state index contributed by atoms with van der Waals surface area (Å²) in [6.07, 6.45) is 7.29. The van der Waals surface area contributed by atoms with Crippen LogP contribution in [0, 0.1) is 0 Å². The number of amides is 1. The normalized spacial score (nSPS) is 20.2. The van der Waals surface area contributed by atoms with Gasteiger partial charge in [0.05, 0.1) is 26.5 Å². The van der Waals surface area contributed by atoms with Crippen molar-refractivity contribution in [2.45, 2.75) is 44.7 Å². The minimum atomic E-state index is 0.00901. The van der Waals surface area contributed by atoms with E-state index in [1.165, 1.54) is 6.42 Å². The maximum absolute atomic E-state index is 12.7. The highest BCUT2D eigenvalue weighted by Gasteiger charge is 2.26. The molecule has 4 rings (SSSR count). The van der Waals surface area contributed by atoms with Gasteiger partial charge in [-0.15, -0.1) is 5.10 Å². The number of likely N-dealkylation sites (tertiary alicyclic amines) is 2. The topological polar surface area (TPSA) is 72.7 Å². The zero-order chi connectivity index (χ0) is 20.9. The maximum atomic E-state index is 12.7. The molecule has 0 N–H and O–H groups in total. The lowest BCUT2D eigenvalue weighted by Crippen LogP contribution is -2.36. The number of ether oxygens (including phenoxy) is 2. The van der Waals surface area contributed by atoms with Gasteiger partial charge in [-0.25, -0.2) is 4.68 Å². The fourth-order valence-electron chi connectivity index (χ4n) is 4.52. The quantitative estimate of drug-likeness (QED) is 0.725. The summed E-state index contributed by atoms with van der Waals surface area (Å²) in [4.78, 5) is 17.0. The summed E-state index contributed by atoms with van der Waals surface area (Å²) in [5.41, 5.74) is 1.57. The van der Waals surface area contributed by atoms with Crippen molar-refractivity contribution in [3.8, 4) is 11.5 Å². The van der Waals surface area contributed by atoms with Crippen LogP contribution in [0.5, 0.6) is 11.5 Å². The summed E-state index contributed by atoms with van der Waals surface area (Å²) in [7, 11) is 3.34. The molecule has 1 aromatic carbocycles. The summed E-state index contributed by atoms with van der Waals surface area (Å²) < 4.78 is 12.9. The van der Waals surface area contributed by atoms with E-state index >= 15 is 0 Å². The predicted molar refractivity (Wildman–Crippen MR) is 113 cm³/mol. The third kappa shape index (κ3) is 4.43. The van der Waals surface area contributed by atoms with Crippen molar-refractivity contribution in [3.63, 3.8) is 0 Å². The number of hydrogen-bond acceptors (Lipinski definition) is 6. The molecular formula is C22H31N5O3. The Kier molecular flexibility index (Phi) is 6.52. The third-order valence-corrected chi connectivity index (χ3v) is 6.11. The second-order valence-corrected chi connectivity index (χ2v) is 8.12. The van der Waals surface area contributed by atoms with Gasteiger partial charge < -0.3 is 14.4 Å². The Bertz CT molecular complexity index is 862. The van der Waals surface area contributed by atoms with Crippen LogP contribution >= 0.6 is 0 Å². The van der Waals surface area contributed by atoms with Gasteiger partial charge in [0.25, 0.3) is 5.91 Å². The lowest BCUT2D eigenvalue weighted by Gasteiger charge is -2.33. The number of benzene rings is 1. The average Bonchev–Trinajstić information content (AvgIpc) is 3.29. The molecule has 3 heterocycles. The van der Waals surface area contributed by atoms with E-state index in [0.717, 1.165) is 75.5 Å². The summed E-state index contributed by atoms with van der Waals surface area (Å²) in [6, 6.07) is 6.20. The van der Waals surface area contributed by atoms with E-state index in [1.807, 2.05) is 27.9 Å². The highest BCUT2D eigenvalue weighted by atomic mass is 16.5. The van der Waals surface area contributed by atoms with E-state index in [1.54, 1.807) is 14.2 Å². The predicted octanol–water partition coefficient (Wildman–Crippen LogP) is 2.76. The van der Waals surface area contributed by atoms with Crippen molar-refractivity contribution in [1.82, 2.24) is 24.8 Å². The van der Waals surface area contributed by atoms with Gasteiger partial charge in [0.2, 0.25) is 0 Å². The Labute approximate surface area is 177 Å². The molecule has 8 heteroatoms. The smallest absolute Gasteiger partial charge is 0.276 e. The zero-order valence-corrected chi connectivity index (χ0v) is 17.9. The fourth-order valence-corrected chi connectivity index (χ4v) is 4.52. The van der Waals surface area contributed by atoms with E-state index < -0.39 is 0 Å². The number of carbonyl (C=O) groups excluding carboxylic acids is 1. The Morgan fingerprint density at radius 2 is 1.93 bits per heavy atom. The molecule has 1 unspecified atom stereocenters. The zero-order valence-electron chi connectivity index (χ0n) is 17.9. The summed E-state index contributed by atoms with van der Waals surface area (Å²) in [5, 5.41) is 8.50. The van der Waals surface area contributed by atoms with Crippen molar-refractivity contribution in [1.29, 1.82) is 0 Å². The minimum Gasteiger partial charge on any atom is -0.493 e. The van der Waals surface area contributed by atoms with Gasteiger partial charge in [0.1, 0.15) is 0 Å². The molecule has 2 saturated heterocycles. The molecule has 1 amide bonds. The van der Waals surface area contributed by atoms with E-state index in [9.17, 15) is 4.79 Å². The molecule has 8 nitrogen and oxygen atoms in total. The first-order valence-electron chi connectivity index (χ1n) is 10.8. The van der Waals surface area contributed by atoms with Crippen molar-refractivity contribution >= 4 is 5.91 Å². The second-order valence-electron chi connectivity index (χ2n) is 8.12. The monoisotopic (exact) mass is 413 g/mol. The highest BCUT2D eigenvalue weighted by molar-refractivity contribution is 5.91. The van der Waals surface area contributed by atoms with Crippen molar-refractivity contribution < 1.29 is 14.3 Å². The number of piperidine rings is 2. The molecule has 0 bridgehead atoms. The Morgan fingerprint density at radius 1 is 1.10 bits per heavy atom. The average molecular weight is 414 g/mol. The van der Waals surface area contributed by atoms with Gasteiger partial charge >= 0.3 is 0 Å². The van der Waals surface area contributed by atoms with Crippen LogP contribution < -0.4 is 9.47 Å². The molecule has 2 aromatic rings. The molecule has 0 saturated carbocycles. The van der Waals surface area contributed by atoms with Gasteiger partial charge in [-0.3, -0.25) is 9.69 Å². The molecule has 30 heavy (non-hydrogen) atoms. The number of nitrogens with zero attached hydrogens (tertiary/aromatic N) is 5. The summed E-state index contributed by atoms with van der Waals surface area (Å²) in [6.45, 7) is 4.31. The number of hydrogen-bond donors (Lipinski definition) is 0. The lowest BCUT2D eigenvalue weighted by atomic mass is 10.0. The molecule has 0 spiro atoms. The van der Waals surface area contributed by atoms with E-state index in [0.29, 0.717) is 5.69 Å². The van der Waals surface area contributed by atoms with Crippen molar-refractivity contribution in [3.05, 3.63) is 35.7 Å². The Morgan fingerprint density at radius 3 is 2.70 bits per heavy atom. The number of methoxy groups -OCH3 is 2. The first-order valence-corrected chi connectivity index (χ1v) is 10.8. The minimum absolute atomic E-state index is 0.00901. The van der Waals surface area contributed by atoms with Crippen LogP contribution in [0.4, 0.5) is 0 Å². The Hall–Kier alpha value is -2.61. The van der Waals surface area contributed by atoms with Crippen LogP contribution in [-0.2, 0) is 6.54 Å². The standard InChI is InChI=1S/C22H31N5O3/c1-29-20-10-6-8-17(21(20)30-2)14-25-11-7-9-18(15-25)27-16-19(23-24-27)22(28)26-12-4-3-5-13-26/h6,8,10,16,18H,3-5,7,9,11-15H2,1-2H3. The molecule has 2 aliphatic heterocycles. The van der Waals surface area contributed by atoms with Gasteiger partial charge in [-0.2, -0.15) is 0 Å². The number of rotatable bonds is 6. The third-order valence-electron chi connectivity index (χ3n) is 6.11. The molecule has 2 aliphatic rings. The SMILES string of the molecule is COc1cccc(CN2CCCC(n3cc(C(=O)N4CCCCC4)nn3)C2)c1OC. The molecule has 0 aliphatic carbocycles. The molecular weight excluding hydrogens is 382 g/mol. The summed E-state index contributed by atoms with van der Waals surface area (Å²) in [5.74, 6) is 1.55. The van der Waals surface area contributed by atoms with Crippen LogP contribution in [0.3, 0.4) is 0 Å². The molecule has 2 fully saturated rings. The van der Waals surface area contributed by atoms with E-state index in [2.05, 4.69) is 21.3 Å².